The summed E-state index contributed by atoms with van der Waals surface area (Å²) in [6.07, 6.45) is -0.197. The average Bonchev–Trinajstić information content (AvgIpc) is 3.48. The first kappa shape index (κ1) is 32.1. The maximum absolute atomic E-state index is 15.5. The summed E-state index contributed by atoms with van der Waals surface area (Å²) in [6, 6.07) is 12.8. The van der Waals surface area contributed by atoms with E-state index in [0.717, 1.165) is 17.7 Å². The van der Waals surface area contributed by atoms with Crippen LogP contribution in [0.15, 0.2) is 67.4 Å². The number of ether oxygens (including phenoxy) is 2. The van der Waals surface area contributed by atoms with Crippen molar-refractivity contribution in [2.45, 2.75) is 44.1 Å². The van der Waals surface area contributed by atoms with Crippen molar-refractivity contribution in [3.05, 3.63) is 90.1 Å². The van der Waals surface area contributed by atoms with Crippen LogP contribution in [-0.4, -0.2) is 67.6 Å². The number of aromatic nitrogens is 5. The first-order valence-electron chi connectivity index (χ1n) is 14.8. The van der Waals surface area contributed by atoms with E-state index < -0.39 is 29.7 Å². The number of nitrogen functional groups attached to an aromatic ring is 1. The van der Waals surface area contributed by atoms with Crippen LogP contribution >= 0.6 is 0 Å². The van der Waals surface area contributed by atoms with Gasteiger partial charge in [-0.05, 0) is 36.1 Å². The van der Waals surface area contributed by atoms with E-state index in [4.69, 9.17) is 20.9 Å². The van der Waals surface area contributed by atoms with Gasteiger partial charge in [-0.15, -0.1) is 0 Å². The molecule has 47 heavy (non-hydrogen) atoms. The summed E-state index contributed by atoms with van der Waals surface area (Å²) in [4.78, 5) is 18.7. The van der Waals surface area contributed by atoms with Crippen molar-refractivity contribution in [3.8, 4) is 17.0 Å². The lowest BCUT2D eigenvalue weighted by molar-refractivity contribution is -0.0529. The molecule has 0 spiro atoms. The average molecular weight is 653 g/mol. The highest BCUT2D eigenvalue weighted by Crippen LogP contribution is 2.35. The Bertz CT molecular complexity index is 1860. The number of alkyl halides is 2. The molecule has 1 fully saturated rings. The number of benzene rings is 2. The highest BCUT2D eigenvalue weighted by Gasteiger charge is 2.43. The second kappa shape index (κ2) is 13.5. The van der Waals surface area contributed by atoms with Crippen LogP contribution in [0.4, 0.5) is 29.1 Å². The molecule has 0 unspecified atom stereocenters. The Labute approximate surface area is 266 Å². The van der Waals surface area contributed by atoms with Gasteiger partial charge in [0.05, 0.1) is 42.6 Å². The lowest BCUT2D eigenvalue weighted by Crippen LogP contribution is -2.63. The number of aliphatic hydroxyl groups excluding tert-OH is 1. The third kappa shape index (κ3) is 6.82. The highest BCUT2D eigenvalue weighted by molar-refractivity contribution is 5.81. The van der Waals surface area contributed by atoms with Gasteiger partial charge in [0.15, 0.2) is 29.8 Å². The summed E-state index contributed by atoms with van der Waals surface area (Å²) in [5.74, 6) is -1.76. The fourth-order valence-corrected chi connectivity index (χ4v) is 5.73. The van der Waals surface area contributed by atoms with Crippen molar-refractivity contribution >= 4 is 22.7 Å². The number of nitrogens with zero attached hydrogens (tertiary/aromatic N) is 6. The van der Waals surface area contributed by atoms with Gasteiger partial charge in [-0.1, -0.05) is 30.3 Å². The Morgan fingerprint density at radius 1 is 1.02 bits per heavy atom. The van der Waals surface area contributed by atoms with Crippen LogP contribution < -0.4 is 21.1 Å². The van der Waals surface area contributed by atoms with Crippen molar-refractivity contribution in [1.29, 1.82) is 0 Å². The van der Waals surface area contributed by atoms with E-state index in [0.29, 0.717) is 35.4 Å². The van der Waals surface area contributed by atoms with Gasteiger partial charge < -0.3 is 35.5 Å². The summed E-state index contributed by atoms with van der Waals surface area (Å²) >= 11 is 0. The molecule has 5 N–H and O–H groups in total. The highest BCUT2D eigenvalue weighted by atomic mass is 19.3. The number of nitrogens with two attached hydrogens (primary N) is 2. The Morgan fingerprint density at radius 2 is 1.83 bits per heavy atom. The second-order valence-corrected chi connectivity index (χ2v) is 11.4. The molecule has 0 aliphatic carbocycles. The van der Waals surface area contributed by atoms with Crippen LogP contribution in [-0.2, 0) is 17.9 Å². The predicted molar refractivity (Wildman–Crippen MR) is 166 cm³/mol. The number of imidazole rings is 1. The summed E-state index contributed by atoms with van der Waals surface area (Å²) in [5, 5.41) is 10.2. The maximum atomic E-state index is 15.5. The molecule has 4 heterocycles. The smallest absolute Gasteiger partial charge is 0.265 e. The number of anilines is 2. The number of fused-ring (bicyclic) bond motifs is 1. The molecule has 0 saturated carbocycles. The Morgan fingerprint density at radius 3 is 2.62 bits per heavy atom. The van der Waals surface area contributed by atoms with Gasteiger partial charge in [0, 0.05) is 24.7 Å². The molecule has 6 rings (SSSR count). The normalized spacial score (nSPS) is 17.4. The van der Waals surface area contributed by atoms with Crippen LogP contribution in [0.5, 0.6) is 5.75 Å². The largest absolute Gasteiger partial charge is 0.464 e. The Kier molecular flexibility index (Phi) is 9.20. The summed E-state index contributed by atoms with van der Waals surface area (Å²) < 4.78 is 70.1. The maximum Gasteiger partial charge on any atom is 0.265 e. The minimum atomic E-state index is -3.03. The quantitative estimate of drug-likeness (QED) is 0.107. The molecule has 2 atom stereocenters. The van der Waals surface area contributed by atoms with Gasteiger partial charge >= 0.3 is 0 Å². The van der Waals surface area contributed by atoms with E-state index in [1.54, 1.807) is 15.5 Å². The molecular weight excluding hydrogens is 620 g/mol. The van der Waals surface area contributed by atoms with Crippen molar-refractivity contribution < 1.29 is 32.1 Å². The number of pyridine rings is 1. The van der Waals surface area contributed by atoms with Crippen LogP contribution in [0.3, 0.4) is 0 Å². The molecular formula is C32H32F4N8O3. The minimum absolute atomic E-state index is 0.0896. The van der Waals surface area contributed by atoms with E-state index in [9.17, 15) is 13.9 Å². The van der Waals surface area contributed by atoms with E-state index in [-0.39, 0.29) is 55.7 Å². The fraction of sp³-hybridized carbons (Fsp3) is 0.312. The zero-order chi connectivity index (χ0) is 33.1. The van der Waals surface area contributed by atoms with Gasteiger partial charge in [0.25, 0.3) is 6.43 Å². The predicted octanol–water partition coefficient (Wildman–Crippen LogP) is 4.27. The fourth-order valence-electron chi connectivity index (χ4n) is 5.73. The third-order valence-corrected chi connectivity index (χ3v) is 8.17. The molecule has 11 nitrogen and oxygen atoms in total. The van der Waals surface area contributed by atoms with Crippen LogP contribution in [0.1, 0.15) is 24.0 Å². The lowest BCUT2D eigenvalue weighted by Gasteiger charge is -2.44. The molecule has 15 heteroatoms. The van der Waals surface area contributed by atoms with Crippen molar-refractivity contribution in [2.75, 3.05) is 30.5 Å². The minimum Gasteiger partial charge on any atom is -0.464 e. The summed E-state index contributed by atoms with van der Waals surface area (Å²) in [5.41, 5.74) is 13.4. The molecule has 246 valence electrons. The first-order valence-corrected chi connectivity index (χ1v) is 14.8. The Balaban J connectivity index is 1.30. The summed E-state index contributed by atoms with van der Waals surface area (Å²) in [7, 11) is 0. The number of rotatable bonds is 11. The van der Waals surface area contributed by atoms with Gasteiger partial charge in [-0.3, -0.25) is 4.98 Å². The standard InChI is InChI=1S/C32H32F4N8O3/c33-22-11-26(47-18-46-14-19-5-2-1-3-6-19)23(34)10-21(22)24-9-20(13-44-17-42-27-30(37)40-16-41-31(27)44)25(12-39-24)43-8-4-7-32(38,15-43)28(45)29(35)36/h1-3,5-6,9-12,16-17,28-29,45H,4,7-8,13-15,18,38H2,(H2,37,40,41)/t28-,32-/m1/s1. The zero-order valence-corrected chi connectivity index (χ0v) is 25.1. The zero-order valence-electron chi connectivity index (χ0n) is 25.1. The monoisotopic (exact) mass is 652 g/mol. The second-order valence-electron chi connectivity index (χ2n) is 11.4. The van der Waals surface area contributed by atoms with E-state index in [1.165, 1.54) is 18.9 Å². The lowest BCUT2D eigenvalue weighted by atomic mass is 9.84. The van der Waals surface area contributed by atoms with Crippen LogP contribution in [0, 0.1) is 11.6 Å². The van der Waals surface area contributed by atoms with Crippen molar-refractivity contribution in [1.82, 2.24) is 24.5 Å². The number of aliphatic hydroxyl groups is 1. The molecule has 5 aromatic rings. The third-order valence-electron chi connectivity index (χ3n) is 8.17. The topological polar surface area (TPSA) is 150 Å². The van der Waals surface area contributed by atoms with Gasteiger partial charge in [0.1, 0.15) is 23.8 Å². The number of halogens is 4. The number of piperidine rings is 1. The Hall–Kier alpha value is -4.86. The molecule has 1 aliphatic heterocycles. The molecule has 0 radical (unpaired) electrons. The molecule has 3 aromatic heterocycles. The van der Waals surface area contributed by atoms with Gasteiger partial charge in [-0.2, -0.15) is 0 Å². The van der Waals surface area contributed by atoms with Crippen molar-refractivity contribution in [3.63, 3.8) is 0 Å². The van der Waals surface area contributed by atoms with Gasteiger partial charge in [0.2, 0.25) is 0 Å². The molecule has 0 amide bonds. The summed E-state index contributed by atoms with van der Waals surface area (Å²) in [6.45, 7) is 0.398. The van der Waals surface area contributed by atoms with E-state index in [2.05, 4.69) is 19.9 Å². The van der Waals surface area contributed by atoms with Crippen LogP contribution in [0.2, 0.25) is 0 Å². The molecule has 1 saturated heterocycles. The molecule has 0 bridgehead atoms. The van der Waals surface area contributed by atoms with E-state index >= 15 is 8.78 Å². The molecule has 2 aromatic carbocycles. The van der Waals surface area contributed by atoms with E-state index in [1.807, 2.05) is 30.3 Å². The van der Waals surface area contributed by atoms with Crippen LogP contribution in [0.25, 0.3) is 22.4 Å². The number of hydrogen-bond donors (Lipinski definition) is 3. The number of hydrogen-bond acceptors (Lipinski definition) is 10. The molecule has 1 aliphatic rings. The first-order chi connectivity index (χ1) is 22.6. The van der Waals surface area contributed by atoms with Crippen molar-refractivity contribution in [2.24, 2.45) is 5.73 Å². The van der Waals surface area contributed by atoms with Gasteiger partial charge in [-0.25, -0.2) is 32.5 Å². The SMILES string of the molecule is Nc1ncnc2c1ncn2Cc1cc(-c2cc(F)c(OCOCc3ccccc3)cc2F)ncc1N1CCC[C@](N)([C@H](O)C(F)F)C1.